The van der Waals surface area contributed by atoms with Crippen LogP contribution in [0.1, 0.15) is 20.7 Å². The number of carbonyl (C=O) groups excluding carboxylic acids is 1. The summed E-state index contributed by atoms with van der Waals surface area (Å²) in [7, 11) is 5.65. The normalized spacial score (nSPS) is 16.7. The van der Waals surface area contributed by atoms with Crippen LogP contribution in [0.2, 0.25) is 0 Å². The lowest BCUT2D eigenvalue weighted by molar-refractivity contribution is 0.0600. The first-order valence-electron chi connectivity index (χ1n) is 11.3. The van der Waals surface area contributed by atoms with Gasteiger partial charge in [0.2, 0.25) is 0 Å². The van der Waals surface area contributed by atoms with E-state index in [-0.39, 0.29) is 18.4 Å². The summed E-state index contributed by atoms with van der Waals surface area (Å²) in [4.78, 5) is 31.2. The highest BCUT2D eigenvalue weighted by Crippen LogP contribution is 2.18. The van der Waals surface area contributed by atoms with Crippen molar-refractivity contribution in [2.75, 3.05) is 83.4 Å². The van der Waals surface area contributed by atoms with Gasteiger partial charge in [0.1, 0.15) is 0 Å². The van der Waals surface area contributed by atoms with E-state index in [1.54, 1.807) is 12.1 Å². The molecule has 2 aliphatic heterocycles. The maximum absolute atomic E-state index is 11.3. The molecule has 2 aromatic rings. The van der Waals surface area contributed by atoms with Gasteiger partial charge in [0.25, 0.3) is 0 Å². The number of rotatable bonds is 4. The quantitative estimate of drug-likeness (QED) is 0.656. The summed E-state index contributed by atoms with van der Waals surface area (Å²) in [6, 6.07) is 14.7. The van der Waals surface area contributed by atoms with E-state index in [0.717, 1.165) is 58.0 Å². The predicted molar refractivity (Wildman–Crippen MR) is 138 cm³/mol. The number of hydrogen-bond donors (Lipinski definition) is 1. The summed E-state index contributed by atoms with van der Waals surface area (Å²) in [5.41, 5.74) is 3.23. The average Bonchev–Trinajstić information content (AvgIpc) is 2.85. The summed E-state index contributed by atoms with van der Waals surface area (Å²) in [5, 5.41) is 8.80. The third kappa shape index (κ3) is 7.62. The van der Waals surface area contributed by atoms with Crippen LogP contribution in [0.4, 0.5) is 11.4 Å². The van der Waals surface area contributed by atoms with Crippen LogP contribution in [-0.2, 0) is 4.74 Å². The lowest BCUT2D eigenvalue weighted by atomic mass is 10.2. The van der Waals surface area contributed by atoms with E-state index in [2.05, 4.69) is 38.4 Å². The molecule has 9 heteroatoms. The summed E-state index contributed by atoms with van der Waals surface area (Å²) in [5.74, 6) is -1.15. The maximum Gasteiger partial charge on any atom is 0.337 e. The van der Waals surface area contributed by atoms with Crippen LogP contribution >= 0.6 is 12.4 Å². The molecule has 0 atom stereocenters. The second-order valence-electron chi connectivity index (χ2n) is 8.47. The molecule has 2 aliphatic rings. The summed E-state index contributed by atoms with van der Waals surface area (Å²) in [6.07, 6.45) is 0. The second kappa shape index (κ2) is 13.2. The third-order valence-corrected chi connectivity index (χ3v) is 6.14. The van der Waals surface area contributed by atoms with Crippen LogP contribution in [0.5, 0.6) is 0 Å². The summed E-state index contributed by atoms with van der Waals surface area (Å²) < 4.78 is 4.68. The van der Waals surface area contributed by atoms with Crippen LogP contribution in [0.25, 0.3) is 0 Å². The molecule has 0 amide bonds. The van der Waals surface area contributed by atoms with Gasteiger partial charge in [0.05, 0.1) is 18.2 Å². The van der Waals surface area contributed by atoms with E-state index < -0.39 is 5.97 Å². The van der Waals surface area contributed by atoms with Gasteiger partial charge in [-0.25, -0.2) is 9.59 Å². The fourth-order valence-electron chi connectivity index (χ4n) is 3.87. The van der Waals surface area contributed by atoms with E-state index >= 15 is 0 Å². The topological polar surface area (TPSA) is 76.6 Å². The molecule has 0 unspecified atom stereocenters. The lowest BCUT2D eigenvalue weighted by Crippen LogP contribution is -2.44. The Morgan fingerprint density at radius 2 is 1.03 bits per heavy atom. The van der Waals surface area contributed by atoms with Gasteiger partial charge >= 0.3 is 11.9 Å². The van der Waals surface area contributed by atoms with Crippen molar-refractivity contribution in [3.05, 3.63) is 59.7 Å². The van der Waals surface area contributed by atoms with Crippen molar-refractivity contribution in [3.63, 3.8) is 0 Å². The Balaban J connectivity index is 0.000000234. The Morgan fingerprint density at radius 1 is 0.676 bits per heavy atom. The number of nitrogens with zero attached hydrogens (tertiary/aromatic N) is 4. The van der Waals surface area contributed by atoms with Crippen molar-refractivity contribution in [1.29, 1.82) is 0 Å². The molecule has 2 aromatic carbocycles. The van der Waals surface area contributed by atoms with Gasteiger partial charge in [0.15, 0.2) is 0 Å². The number of carbonyl (C=O) groups is 2. The van der Waals surface area contributed by atoms with E-state index in [4.69, 9.17) is 5.11 Å². The fraction of sp³-hybridized carbons (Fsp3) is 0.440. The molecule has 0 saturated carbocycles. The zero-order valence-electron chi connectivity index (χ0n) is 20.1. The minimum Gasteiger partial charge on any atom is -0.478 e. The van der Waals surface area contributed by atoms with E-state index in [1.165, 1.54) is 12.8 Å². The van der Waals surface area contributed by atoms with E-state index in [1.807, 2.05) is 36.4 Å². The zero-order chi connectivity index (χ0) is 23.8. The number of ether oxygens (including phenoxy) is 1. The van der Waals surface area contributed by atoms with Crippen LogP contribution in [-0.4, -0.2) is 100 Å². The average molecular weight is 491 g/mol. The number of carboxylic acids is 1. The first-order chi connectivity index (χ1) is 15.9. The molecule has 1 N–H and O–H groups in total. The Hall–Kier alpha value is -2.81. The Morgan fingerprint density at radius 3 is 1.35 bits per heavy atom. The summed E-state index contributed by atoms with van der Waals surface area (Å²) >= 11 is 0. The minimum absolute atomic E-state index is 0. The number of aromatic carboxylic acids is 1. The van der Waals surface area contributed by atoms with Gasteiger partial charge in [-0.05, 0) is 62.6 Å². The van der Waals surface area contributed by atoms with Crippen molar-refractivity contribution < 1.29 is 19.4 Å². The molecule has 4 rings (SSSR count). The number of halogens is 1. The van der Waals surface area contributed by atoms with Crippen LogP contribution in [0.15, 0.2) is 48.5 Å². The molecule has 34 heavy (non-hydrogen) atoms. The predicted octanol–water partition coefficient (Wildman–Crippen LogP) is 2.78. The number of carboxylic acid groups (broad SMARTS) is 1. The maximum atomic E-state index is 11.3. The minimum atomic E-state index is -0.870. The zero-order valence-corrected chi connectivity index (χ0v) is 21.0. The molecular weight excluding hydrogens is 456 g/mol. The van der Waals surface area contributed by atoms with Gasteiger partial charge in [0, 0.05) is 63.7 Å². The number of benzene rings is 2. The monoisotopic (exact) mass is 490 g/mol. The van der Waals surface area contributed by atoms with Gasteiger partial charge in [-0.3, -0.25) is 0 Å². The highest BCUT2D eigenvalue weighted by Gasteiger charge is 2.15. The molecule has 0 aliphatic carbocycles. The Labute approximate surface area is 208 Å². The van der Waals surface area contributed by atoms with Crippen molar-refractivity contribution in [2.24, 2.45) is 0 Å². The molecule has 2 fully saturated rings. The standard InChI is InChI=1S/C13H18N2O2.C12H16N2O2.ClH/c1-14-7-9-15(10-8-14)12-5-3-11(4-6-12)13(16)17-2;1-13-6-8-14(9-7-13)11-4-2-10(3-5-11)12(15)16;/h3-6H,7-10H2,1-2H3;2-5H,6-9H2,1H3,(H,15,16);1H. The van der Waals surface area contributed by atoms with Crippen LogP contribution in [0.3, 0.4) is 0 Å². The first kappa shape index (κ1) is 27.4. The number of methoxy groups -OCH3 is 1. The largest absolute Gasteiger partial charge is 0.478 e. The molecule has 0 spiro atoms. The van der Waals surface area contributed by atoms with Crippen LogP contribution in [0, 0.1) is 0 Å². The molecule has 8 nitrogen and oxygen atoms in total. The van der Waals surface area contributed by atoms with Crippen molar-refractivity contribution >= 4 is 35.7 Å². The lowest BCUT2D eigenvalue weighted by Gasteiger charge is -2.34. The molecular formula is C25H35ClN4O4. The molecule has 186 valence electrons. The molecule has 0 radical (unpaired) electrons. The number of hydrogen-bond acceptors (Lipinski definition) is 7. The molecule has 0 bridgehead atoms. The molecule has 2 heterocycles. The molecule has 2 saturated heterocycles. The van der Waals surface area contributed by atoms with Crippen molar-refractivity contribution in [2.45, 2.75) is 0 Å². The number of likely N-dealkylation sites (N-methyl/N-ethyl adjacent to an activating group) is 2. The SMILES string of the molecule is CN1CCN(c2ccc(C(=O)O)cc2)CC1.COC(=O)c1ccc(N2CCN(C)CC2)cc1.Cl. The Bertz CT molecular complexity index is 908. The van der Waals surface area contributed by atoms with E-state index in [9.17, 15) is 9.59 Å². The van der Waals surface area contributed by atoms with Gasteiger partial charge < -0.3 is 29.4 Å². The van der Waals surface area contributed by atoms with Crippen molar-refractivity contribution in [3.8, 4) is 0 Å². The first-order valence-corrected chi connectivity index (χ1v) is 11.3. The van der Waals surface area contributed by atoms with Crippen LogP contribution < -0.4 is 9.80 Å². The highest BCUT2D eigenvalue weighted by atomic mass is 35.5. The van der Waals surface area contributed by atoms with Crippen molar-refractivity contribution in [1.82, 2.24) is 9.80 Å². The van der Waals surface area contributed by atoms with Gasteiger partial charge in [-0.2, -0.15) is 0 Å². The molecule has 0 aromatic heterocycles. The van der Waals surface area contributed by atoms with Gasteiger partial charge in [-0.15, -0.1) is 12.4 Å². The Kier molecular flexibility index (Phi) is 10.6. The number of esters is 1. The number of piperazine rings is 2. The summed E-state index contributed by atoms with van der Waals surface area (Å²) in [6.45, 7) is 8.35. The highest BCUT2D eigenvalue weighted by molar-refractivity contribution is 5.89. The number of anilines is 2. The van der Waals surface area contributed by atoms with E-state index in [0.29, 0.717) is 11.1 Å². The fourth-order valence-corrected chi connectivity index (χ4v) is 3.87. The smallest absolute Gasteiger partial charge is 0.337 e. The van der Waals surface area contributed by atoms with Gasteiger partial charge in [-0.1, -0.05) is 0 Å². The third-order valence-electron chi connectivity index (χ3n) is 6.14. The second-order valence-corrected chi connectivity index (χ2v) is 8.47.